The number of carbonyl (C=O) groups is 3. The highest BCUT2D eigenvalue weighted by Gasteiger charge is 2.30. The van der Waals surface area contributed by atoms with Gasteiger partial charge in [0.2, 0.25) is 0 Å². The zero-order chi connectivity index (χ0) is 28.0. The summed E-state index contributed by atoms with van der Waals surface area (Å²) in [5.74, 6) is -1.95. The number of halogens is 4. The highest BCUT2D eigenvalue weighted by atomic mass is 35.5. The highest BCUT2D eigenvalue weighted by Crippen LogP contribution is 2.32. The Labute approximate surface area is 226 Å². The first-order valence-electron chi connectivity index (χ1n) is 11.5. The fourth-order valence-electron chi connectivity index (χ4n) is 3.65. The lowest BCUT2D eigenvalue weighted by Crippen LogP contribution is -2.22. The first kappa shape index (κ1) is 27.4. The molecule has 0 aliphatic heterocycles. The molecule has 1 amide bonds. The van der Waals surface area contributed by atoms with Crippen LogP contribution < -0.4 is 10.6 Å². The van der Waals surface area contributed by atoms with Crippen LogP contribution in [0.4, 0.5) is 30.2 Å². The van der Waals surface area contributed by atoms with Crippen molar-refractivity contribution in [2.45, 2.75) is 6.18 Å². The summed E-state index contributed by atoms with van der Waals surface area (Å²) in [4.78, 5) is 38.3. The number of benzene rings is 4. The normalized spacial score (nSPS) is 11.0. The maximum Gasteiger partial charge on any atom is 0.416 e. The number of ether oxygens (including phenoxy) is 1. The molecule has 4 aromatic carbocycles. The van der Waals surface area contributed by atoms with Crippen molar-refractivity contribution in [1.29, 1.82) is 0 Å². The molecule has 198 valence electrons. The van der Waals surface area contributed by atoms with Gasteiger partial charge in [-0.3, -0.25) is 9.59 Å². The Hall–Kier alpha value is -4.63. The highest BCUT2D eigenvalue weighted by molar-refractivity contribution is 6.31. The Bertz CT molecular complexity index is 1520. The van der Waals surface area contributed by atoms with Crippen LogP contribution in [0.25, 0.3) is 0 Å². The summed E-state index contributed by atoms with van der Waals surface area (Å²) in [6.45, 7) is -0.682. The number of amides is 1. The predicted molar refractivity (Wildman–Crippen MR) is 141 cm³/mol. The van der Waals surface area contributed by atoms with E-state index in [9.17, 15) is 27.6 Å². The van der Waals surface area contributed by atoms with Crippen LogP contribution in [0.2, 0.25) is 5.02 Å². The number of alkyl halides is 3. The van der Waals surface area contributed by atoms with Crippen molar-refractivity contribution >= 4 is 46.3 Å². The second-order valence-corrected chi connectivity index (χ2v) is 8.69. The van der Waals surface area contributed by atoms with E-state index < -0.39 is 30.2 Å². The van der Waals surface area contributed by atoms with Crippen LogP contribution in [0, 0.1) is 0 Å². The Balaban J connectivity index is 1.44. The predicted octanol–water partition coefficient (Wildman–Crippen LogP) is 7.13. The van der Waals surface area contributed by atoms with Gasteiger partial charge in [0.15, 0.2) is 12.4 Å². The van der Waals surface area contributed by atoms with Crippen LogP contribution in [0.3, 0.4) is 0 Å². The summed E-state index contributed by atoms with van der Waals surface area (Å²) < 4.78 is 44.3. The monoisotopic (exact) mass is 552 g/mol. The van der Waals surface area contributed by atoms with Crippen molar-refractivity contribution in [2.75, 3.05) is 17.2 Å². The second-order valence-electron chi connectivity index (χ2n) is 8.26. The minimum atomic E-state index is -4.53. The van der Waals surface area contributed by atoms with Gasteiger partial charge in [-0.15, -0.1) is 0 Å². The van der Waals surface area contributed by atoms with E-state index in [4.69, 9.17) is 16.3 Å². The number of para-hydroxylation sites is 1. The van der Waals surface area contributed by atoms with E-state index in [-0.39, 0.29) is 34.0 Å². The zero-order valence-corrected chi connectivity index (χ0v) is 20.8. The topological polar surface area (TPSA) is 84.5 Å². The van der Waals surface area contributed by atoms with E-state index in [1.165, 1.54) is 42.5 Å². The number of carbonyl (C=O) groups excluding carboxylic acids is 3. The molecule has 0 atom stereocenters. The van der Waals surface area contributed by atoms with Gasteiger partial charge in [0.1, 0.15) is 0 Å². The lowest BCUT2D eigenvalue weighted by atomic mass is 10.0. The number of hydrogen-bond donors (Lipinski definition) is 2. The molecule has 0 bridgehead atoms. The molecule has 0 aliphatic carbocycles. The van der Waals surface area contributed by atoms with E-state index >= 15 is 0 Å². The van der Waals surface area contributed by atoms with Crippen LogP contribution in [0.15, 0.2) is 97.1 Å². The molecule has 4 aromatic rings. The SMILES string of the molecule is O=C(COC(=O)c1ccccc1Nc1cccc(C(F)(F)F)c1)Nc1ccc(Cl)cc1C(=O)c1ccccc1. The average Bonchev–Trinajstić information content (AvgIpc) is 2.93. The van der Waals surface area contributed by atoms with Gasteiger partial charge in [0, 0.05) is 21.8 Å². The molecular weight excluding hydrogens is 533 g/mol. The van der Waals surface area contributed by atoms with Crippen LogP contribution in [-0.2, 0) is 15.7 Å². The van der Waals surface area contributed by atoms with E-state index in [1.54, 1.807) is 42.5 Å². The lowest BCUT2D eigenvalue weighted by molar-refractivity contribution is -0.137. The summed E-state index contributed by atoms with van der Waals surface area (Å²) >= 11 is 6.06. The molecule has 39 heavy (non-hydrogen) atoms. The summed E-state index contributed by atoms with van der Waals surface area (Å²) in [6.07, 6.45) is -4.53. The van der Waals surface area contributed by atoms with Crippen molar-refractivity contribution in [3.8, 4) is 0 Å². The third-order valence-corrected chi connectivity index (χ3v) is 5.72. The second kappa shape index (κ2) is 11.8. The van der Waals surface area contributed by atoms with Crippen molar-refractivity contribution in [3.05, 3.63) is 124 Å². The van der Waals surface area contributed by atoms with Crippen LogP contribution in [-0.4, -0.2) is 24.3 Å². The van der Waals surface area contributed by atoms with Crippen molar-refractivity contribution in [2.24, 2.45) is 0 Å². The van der Waals surface area contributed by atoms with Gasteiger partial charge in [-0.05, 0) is 48.5 Å². The fraction of sp³-hybridized carbons (Fsp3) is 0.0690. The van der Waals surface area contributed by atoms with Gasteiger partial charge < -0.3 is 15.4 Å². The van der Waals surface area contributed by atoms with Gasteiger partial charge in [0.05, 0.1) is 22.5 Å². The van der Waals surface area contributed by atoms with Gasteiger partial charge in [-0.2, -0.15) is 13.2 Å². The van der Waals surface area contributed by atoms with Gasteiger partial charge in [0.25, 0.3) is 5.91 Å². The van der Waals surface area contributed by atoms with Crippen molar-refractivity contribution in [3.63, 3.8) is 0 Å². The Kier molecular flexibility index (Phi) is 8.31. The molecule has 2 N–H and O–H groups in total. The molecule has 4 rings (SSSR count). The molecule has 6 nitrogen and oxygen atoms in total. The Morgan fingerprint density at radius 3 is 2.23 bits per heavy atom. The van der Waals surface area contributed by atoms with Crippen molar-refractivity contribution < 1.29 is 32.3 Å². The molecule has 0 spiro atoms. The summed E-state index contributed by atoms with van der Waals surface area (Å²) in [5.41, 5.74) is 0.194. The lowest BCUT2D eigenvalue weighted by Gasteiger charge is -2.14. The third-order valence-electron chi connectivity index (χ3n) is 5.49. The molecule has 0 saturated heterocycles. The molecule has 0 radical (unpaired) electrons. The van der Waals surface area contributed by atoms with Crippen LogP contribution >= 0.6 is 11.6 Å². The molecule has 0 aromatic heterocycles. The maximum absolute atomic E-state index is 13.1. The van der Waals surface area contributed by atoms with Gasteiger partial charge in [-0.1, -0.05) is 60.1 Å². The van der Waals surface area contributed by atoms with Gasteiger partial charge in [-0.25, -0.2) is 4.79 Å². The van der Waals surface area contributed by atoms with E-state index in [1.807, 2.05) is 0 Å². The first-order chi connectivity index (χ1) is 18.6. The average molecular weight is 553 g/mol. The molecule has 0 heterocycles. The molecule has 0 fully saturated rings. The number of hydrogen-bond acceptors (Lipinski definition) is 5. The number of esters is 1. The number of anilines is 3. The van der Waals surface area contributed by atoms with Gasteiger partial charge >= 0.3 is 12.1 Å². The van der Waals surface area contributed by atoms with Crippen LogP contribution in [0.1, 0.15) is 31.8 Å². The minimum absolute atomic E-state index is 0.00847. The quantitative estimate of drug-likeness (QED) is 0.179. The molecule has 10 heteroatoms. The minimum Gasteiger partial charge on any atom is -0.452 e. The van der Waals surface area contributed by atoms with Crippen LogP contribution in [0.5, 0.6) is 0 Å². The smallest absolute Gasteiger partial charge is 0.416 e. The number of nitrogens with one attached hydrogen (secondary N) is 2. The zero-order valence-electron chi connectivity index (χ0n) is 20.1. The third kappa shape index (κ3) is 7.03. The molecule has 0 saturated carbocycles. The van der Waals surface area contributed by atoms with E-state index in [0.717, 1.165) is 12.1 Å². The van der Waals surface area contributed by atoms with E-state index in [0.29, 0.717) is 10.6 Å². The number of ketones is 1. The molecular formula is C29H20ClF3N2O4. The summed E-state index contributed by atoms with van der Waals surface area (Å²) in [7, 11) is 0. The van der Waals surface area contributed by atoms with E-state index in [2.05, 4.69) is 10.6 Å². The largest absolute Gasteiger partial charge is 0.452 e. The summed E-state index contributed by atoms with van der Waals surface area (Å²) in [5, 5.41) is 5.63. The number of rotatable bonds is 8. The Morgan fingerprint density at radius 1 is 0.769 bits per heavy atom. The Morgan fingerprint density at radius 2 is 1.49 bits per heavy atom. The fourth-order valence-corrected chi connectivity index (χ4v) is 3.82. The summed E-state index contributed by atoms with van der Waals surface area (Å²) in [6, 6.07) is 23.4. The first-order valence-corrected chi connectivity index (χ1v) is 11.9. The van der Waals surface area contributed by atoms with Crippen molar-refractivity contribution in [1.82, 2.24) is 0 Å². The standard InChI is InChI=1S/C29H20ClF3N2O4/c30-20-13-14-25(23(16-20)27(37)18-7-2-1-3-8-18)35-26(36)17-39-28(38)22-11-4-5-12-24(22)34-21-10-6-9-19(15-21)29(31,32)33/h1-16,34H,17H2,(H,35,36). The molecule has 0 unspecified atom stereocenters. The maximum atomic E-state index is 13.1. The molecule has 0 aliphatic rings.